The van der Waals surface area contributed by atoms with Crippen LogP contribution in [0.2, 0.25) is 0 Å². The molecule has 2 atom stereocenters. The summed E-state index contributed by atoms with van der Waals surface area (Å²) in [5.74, 6) is 0.899. The minimum absolute atomic E-state index is 0.0847. The van der Waals surface area contributed by atoms with Crippen molar-refractivity contribution in [1.29, 1.82) is 0 Å². The lowest BCUT2D eigenvalue weighted by Gasteiger charge is -2.37. The molecule has 1 fully saturated rings. The molecule has 1 saturated heterocycles. The monoisotopic (exact) mass is 518 g/mol. The fraction of sp³-hybridized carbons (Fsp3) is 0.524. The van der Waals surface area contributed by atoms with Crippen molar-refractivity contribution in [2.75, 3.05) is 17.7 Å². The Morgan fingerprint density at radius 2 is 1.94 bits per heavy atom. The molecule has 0 radical (unpaired) electrons. The van der Waals surface area contributed by atoms with Crippen molar-refractivity contribution in [3.8, 4) is 16.5 Å². The standard InChI is InChI=1S/C21H26N8O4S2/c1-12(2)17-25-19(33-27-17)28-8-6-5-7-16(28)13(3)32-21-26-29-11-15(24-20(29)34-21)14-9-22-18(23-10-14)35(4,30)31/h9-13,16H,5-8H2,1-4H3. The van der Waals surface area contributed by atoms with Crippen LogP contribution in [0.5, 0.6) is 5.19 Å². The number of aromatic nitrogens is 7. The van der Waals surface area contributed by atoms with Gasteiger partial charge in [-0.1, -0.05) is 19.0 Å². The first-order valence-corrected chi connectivity index (χ1v) is 14.1. The van der Waals surface area contributed by atoms with E-state index in [0.717, 1.165) is 32.1 Å². The first kappa shape index (κ1) is 23.6. The lowest BCUT2D eigenvalue weighted by atomic mass is 9.98. The molecule has 5 rings (SSSR count). The fourth-order valence-corrected chi connectivity index (χ4v) is 5.31. The molecular weight excluding hydrogens is 492 g/mol. The van der Waals surface area contributed by atoms with E-state index in [0.29, 0.717) is 33.3 Å². The van der Waals surface area contributed by atoms with E-state index in [4.69, 9.17) is 9.26 Å². The summed E-state index contributed by atoms with van der Waals surface area (Å²) >= 11 is 1.33. The van der Waals surface area contributed by atoms with Gasteiger partial charge in [0.15, 0.2) is 5.82 Å². The normalized spacial score (nSPS) is 17.9. The maximum absolute atomic E-state index is 11.6. The zero-order chi connectivity index (χ0) is 24.7. The summed E-state index contributed by atoms with van der Waals surface area (Å²) in [6.07, 6.45) is 8.65. The molecule has 1 aliphatic heterocycles. The minimum atomic E-state index is -3.46. The molecule has 0 N–H and O–H groups in total. The van der Waals surface area contributed by atoms with Crippen LogP contribution in [0.15, 0.2) is 28.3 Å². The van der Waals surface area contributed by atoms with Crippen molar-refractivity contribution in [2.24, 2.45) is 0 Å². The number of imidazole rings is 1. The molecule has 35 heavy (non-hydrogen) atoms. The molecular formula is C21H26N8O4S2. The predicted molar refractivity (Wildman–Crippen MR) is 128 cm³/mol. The smallest absolute Gasteiger partial charge is 0.324 e. The molecule has 2 unspecified atom stereocenters. The van der Waals surface area contributed by atoms with Gasteiger partial charge < -0.3 is 14.2 Å². The molecule has 0 saturated carbocycles. The molecule has 0 aromatic carbocycles. The van der Waals surface area contributed by atoms with Gasteiger partial charge in [-0.2, -0.15) is 4.98 Å². The van der Waals surface area contributed by atoms with E-state index in [1.54, 1.807) is 10.7 Å². The van der Waals surface area contributed by atoms with Gasteiger partial charge in [0, 0.05) is 36.7 Å². The average molecular weight is 519 g/mol. The summed E-state index contributed by atoms with van der Waals surface area (Å²) in [7, 11) is -3.46. The molecule has 0 amide bonds. The van der Waals surface area contributed by atoms with Crippen molar-refractivity contribution in [3.63, 3.8) is 0 Å². The van der Waals surface area contributed by atoms with Crippen LogP contribution in [-0.2, 0) is 9.84 Å². The topological polar surface area (TPSA) is 142 Å². The van der Waals surface area contributed by atoms with Crippen molar-refractivity contribution >= 4 is 32.1 Å². The molecule has 0 aliphatic carbocycles. The summed E-state index contributed by atoms with van der Waals surface area (Å²) in [5, 5.41) is 8.92. The van der Waals surface area contributed by atoms with E-state index in [2.05, 4.69) is 35.1 Å². The summed E-state index contributed by atoms with van der Waals surface area (Å²) in [6.45, 7) is 6.94. The fourth-order valence-electron chi connectivity index (χ4n) is 4.01. The second-order valence-corrected chi connectivity index (χ2v) is 11.7. The highest BCUT2D eigenvalue weighted by Crippen LogP contribution is 2.30. The SMILES string of the molecule is CC(C)c1noc(N2CCCCC2C(C)Oc2nn3cc(-c4cnc(S(C)(=O)=O)nc4)nc3s2)n1. The van der Waals surface area contributed by atoms with Crippen LogP contribution >= 0.6 is 11.3 Å². The van der Waals surface area contributed by atoms with Gasteiger partial charge in [0.1, 0.15) is 6.10 Å². The zero-order valence-electron chi connectivity index (χ0n) is 19.8. The highest BCUT2D eigenvalue weighted by molar-refractivity contribution is 7.90. The maximum atomic E-state index is 11.6. The van der Waals surface area contributed by atoms with Crippen LogP contribution in [-0.4, -0.2) is 68.1 Å². The molecule has 12 nitrogen and oxygen atoms in total. The highest BCUT2D eigenvalue weighted by Gasteiger charge is 2.33. The van der Waals surface area contributed by atoms with Crippen LogP contribution in [0, 0.1) is 0 Å². The van der Waals surface area contributed by atoms with Gasteiger partial charge >= 0.3 is 6.01 Å². The van der Waals surface area contributed by atoms with E-state index in [1.807, 2.05) is 20.8 Å². The van der Waals surface area contributed by atoms with Crippen LogP contribution in [0.25, 0.3) is 16.2 Å². The van der Waals surface area contributed by atoms with Crippen molar-refractivity contribution in [3.05, 3.63) is 24.4 Å². The molecule has 186 valence electrons. The lowest BCUT2D eigenvalue weighted by molar-refractivity contribution is 0.163. The van der Waals surface area contributed by atoms with Gasteiger partial charge in [0.05, 0.1) is 17.9 Å². The summed E-state index contributed by atoms with van der Waals surface area (Å²) in [6, 6.07) is 0.623. The van der Waals surface area contributed by atoms with Gasteiger partial charge in [-0.05, 0) is 37.5 Å². The number of fused-ring (bicyclic) bond motifs is 1. The number of hydrogen-bond acceptors (Lipinski definition) is 12. The Hall–Kier alpha value is -3.13. The highest BCUT2D eigenvalue weighted by atomic mass is 32.2. The molecule has 4 aromatic rings. The Morgan fingerprint density at radius 1 is 1.17 bits per heavy atom. The van der Waals surface area contributed by atoms with Crippen molar-refractivity contribution < 1.29 is 17.7 Å². The van der Waals surface area contributed by atoms with Crippen LogP contribution < -0.4 is 9.64 Å². The summed E-state index contributed by atoms with van der Waals surface area (Å²) < 4.78 is 36.5. The molecule has 4 aromatic heterocycles. The quantitative estimate of drug-likeness (QED) is 0.333. The maximum Gasteiger partial charge on any atom is 0.324 e. The Morgan fingerprint density at radius 3 is 2.60 bits per heavy atom. The van der Waals surface area contributed by atoms with E-state index < -0.39 is 9.84 Å². The zero-order valence-corrected chi connectivity index (χ0v) is 21.5. The second kappa shape index (κ2) is 9.15. The van der Waals surface area contributed by atoms with E-state index in [9.17, 15) is 8.42 Å². The average Bonchev–Trinajstić information content (AvgIpc) is 3.54. The minimum Gasteiger partial charge on any atom is -0.464 e. The number of piperidine rings is 1. The van der Waals surface area contributed by atoms with Gasteiger partial charge in [0.25, 0.3) is 5.19 Å². The van der Waals surface area contributed by atoms with E-state index in [-0.39, 0.29) is 23.2 Å². The first-order chi connectivity index (χ1) is 16.7. The van der Waals surface area contributed by atoms with Crippen molar-refractivity contribution in [1.82, 2.24) is 34.7 Å². The Bertz CT molecular complexity index is 1400. The number of nitrogens with zero attached hydrogens (tertiary/aromatic N) is 8. The third-order valence-corrected chi connectivity index (χ3v) is 7.54. The van der Waals surface area contributed by atoms with Crippen LogP contribution in [0.3, 0.4) is 0 Å². The molecule has 1 aliphatic rings. The van der Waals surface area contributed by atoms with E-state index in [1.165, 1.54) is 23.7 Å². The Labute approximate surface area is 206 Å². The number of sulfone groups is 1. The Balaban J connectivity index is 1.31. The molecule has 0 spiro atoms. The van der Waals surface area contributed by atoms with Gasteiger partial charge in [-0.25, -0.2) is 27.9 Å². The number of ether oxygens (including phenoxy) is 1. The van der Waals surface area contributed by atoms with Gasteiger partial charge in [0.2, 0.25) is 20.0 Å². The molecule has 5 heterocycles. The van der Waals surface area contributed by atoms with Crippen LogP contribution in [0.1, 0.15) is 51.8 Å². The molecule has 14 heteroatoms. The van der Waals surface area contributed by atoms with E-state index >= 15 is 0 Å². The first-order valence-electron chi connectivity index (χ1n) is 11.3. The number of hydrogen-bond donors (Lipinski definition) is 0. The number of rotatable bonds is 7. The number of anilines is 1. The van der Waals surface area contributed by atoms with Gasteiger partial charge in [-0.15, -0.1) is 5.10 Å². The largest absolute Gasteiger partial charge is 0.464 e. The van der Waals surface area contributed by atoms with Crippen molar-refractivity contribution in [2.45, 2.75) is 63.3 Å². The third kappa shape index (κ3) is 4.85. The Kier molecular flexibility index (Phi) is 6.17. The molecule has 0 bridgehead atoms. The predicted octanol–water partition coefficient (Wildman–Crippen LogP) is 2.98. The summed E-state index contributed by atoms with van der Waals surface area (Å²) in [5.41, 5.74) is 1.20. The third-order valence-electron chi connectivity index (χ3n) is 5.85. The van der Waals surface area contributed by atoms with Crippen LogP contribution in [0.4, 0.5) is 6.01 Å². The second-order valence-electron chi connectivity index (χ2n) is 8.92. The summed E-state index contributed by atoms with van der Waals surface area (Å²) in [4.78, 5) is 19.8. The van der Waals surface area contributed by atoms with Gasteiger partial charge in [-0.3, -0.25) is 0 Å². The lowest BCUT2D eigenvalue weighted by Crippen LogP contribution is -2.48.